The van der Waals surface area contributed by atoms with Crippen molar-refractivity contribution < 1.29 is 19.0 Å². The number of ether oxygens (including phenoxy) is 3. The molecule has 0 N–H and O–H groups in total. The molecule has 4 nitrogen and oxygen atoms in total. The van der Waals surface area contributed by atoms with Gasteiger partial charge in [-0.25, -0.2) is 0 Å². The van der Waals surface area contributed by atoms with E-state index in [-0.39, 0.29) is 5.78 Å². The van der Waals surface area contributed by atoms with Gasteiger partial charge < -0.3 is 14.2 Å². The standard InChI is InChI=1S/C17H22O4/c1-5-9-10-14(18)13-11-15(19-6-2)17(21-8-4)16(12-13)20-7-3/h1,11-12H,6-10H2,2-4H3. The van der Waals surface area contributed by atoms with E-state index in [1.165, 1.54) is 0 Å². The molecule has 0 atom stereocenters. The number of ketones is 1. The molecule has 0 spiro atoms. The van der Waals surface area contributed by atoms with Crippen LogP contribution in [-0.2, 0) is 0 Å². The second-order valence-electron chi connectivity index (χ2n) is 4.23. The van der Waals surface area contributed by atoms with E-state index in [0.29, 0.717) is 55.5 Å². The summed E-state index contributed by atoms with van der Waals surface area (Å²) in [5, 5.41) is 0. The molecule has 1 aromatic rings. The van der Waals surface area contributed by atoms with Crippen molar-refractivity contribution in [1.82, 2.24) is 0 Å². The highest BCUT2D eigenvalue weighted by atomic mass is 16.5. The van der Waals surface area contributed by atoms with Gasteiger partial charge in [0, 0.05) is 18.4 Å². The van der Waals surface area contributed by atoms with E-state index in [9.17, 15) is 4.79 Å². The van der Waals surface area contributed by atoms with E-state index in [0.717, 1.165) is 0 Å². The molecule has 1 aromatic carbocycles. The van der Waals surface area contributed by atoms with Crippen molar-refractivity contribution in [3.8, 4) is 29.6 Å². The van der Waals surface area contributed by atoms with E-state index in [4.69, 9.17) is 20.6 Å². The van der Waals surface area contributed by atoms with Gasteiger partial charge in [-0.3, -0.25) is 4.79 Å². The normalized spacial score (nSPS) is 9.81. The fourth-order valence-corrected chi connectivity index (χ4v) is 1.88. The van der Waals surface area contributed by atoms with Crippen LogP contribution in [0.3, 0.4) is 0 Å². The highest BCUT2D eigenvalue weighted by molar-refractivity contribution is 5.97. The molecule has 0 aliphatic carbocycles. The summed E-state index contributed by atoms with van der Waals surface area (Å²) in [6, 6.07) is 3.38. The number of hydrogen-bond acceptors (Lipinski definition) is 4. The molecule has 21 heavy (non-hydrogen) atoms. The van der Waals surface area contributed by atoms with Gasteiger partial charge in [-0.05, 0) is 32.9 Å². The molecule has 4 heteroatoms. The molecule has 0 radical (unpaired) electrons. The molecule has 0 aliphatic heterocycles. The zero-order valence-corrected chi connectivity index (χ0v) is 12.9. The van der Waals surface area contributed by atoms with E-state index >= 15 is 0 Å². The molecule has 0 saturated carbocycles. The maximum absolute atomic E-state index is 12.1. The Morgan fingerprint density at radius 1 is 1.05 bits per heavy atom. The quantitative estimate of drug-likeness (QED) is 0.516. The minimum atomic E-state index is -0.0297. The summed E-state index contributed by atoms with van der Waals surface area (Å²) in [7, 11) is 0. The molecular weight excluding hydrogens is 268 g/mol. The molecule has 0 amide bonds. The highest BCUT2D eigenvalue weighted by Gasteiger charge is 2.17. The Morgan fingerprint density at radius 2 is 1.57 bits per heavy atom. The third kappa shape index (κ3) is 4.71. The molecule has 0 unspecified atom stereocenters. The molecule has 114 valence electrons. The van der Waals surface area contributed by atoms with Crippen molar-refractivity contribution >= 4 is 5.78 Å². The Labute approximate surface area is 126 Å². The summed E-state index contributed by atoms with van der Waals surface area (Å²) >= 11 is 0. The average molecular weight is 290 g/mol. The summed E-state index contributed by atoms with van der Waals surface area (Å²) in [6.07, 6.45) is 5.93. The minimum absolute atomic E-state index is 0.0297. The molecule has 0 heterocycles. The number of Topliss-reactive ketones (excluding diaryl/α,β-unsaturated/α-hetero) is 1. The Hall–Kier alpha value is -2.15. The largest absolute Gasteiger partial charge is 0.490 e. The van der Waals surface area contributed by atoms with E-state index < -0.39 is 0 Å². The van der Waals surface area contributed by atoms with Crippen LogP contribution in [0.5, 0.6) is 17.2 Å². The molecular formula is C17H22O4. The monoisotopic (exact) mass is 290 g/mol. The molecule has 0 fully saturated rings. The molecule has 1 rings (SSSR count). The van der Waals surface area contributed by atoms with E-state index in [1.54, 1.807) is 12.1 Å². The van der Waals surface area contributed by atoms with Gasteiger partial charge in [-0.2, -0.15) is 0 Å². The number of carbonyl (C=O) groups is 1. The van der Waals surface area contributed by atoms with Crippen molar-refractivity contribution in [3.63, 3.8) is 0 Å². The summed E-state index contributed by atoms with van der Waals surface area (Å²) in [4.78, 5) is 12.1. The third-order valence-corrected chi connectivity index (χ3v) is 2.73. The van der Waals surface area contributed by atoms with Crippen LogP contribution in [0.1, 0.15) is 44.0 Å². The van der Waals surface area contributed by atoms with Gasteiger partial charge in [0.05, 0.1) is 19.8 Å². The summed E-state index contributed by atoms with van der Waals surface area (Å²) in [6.45, 7) is 7.09. The van der Waals surface area contributed by atoms with Crippen LogP contribution >= 0.6 is 0 Å². The maximum atomic E-state index is 12.1. The highest BCUT2D eigenvalue weighted by Crippen LogP contribution is 2.39. The number of terminal acetylenes is 1. The Bertz CT molecular complexity index is 487. The van der Waals surface area contributed by atoms with Gasteiger partial charge in [0.1, 0.15) is 0 Å². The zero-order chi connectivity index (χ0) is 15.7. The van der Waals surface area contributed by atoms with Gasteiger partial charge in [-0.15, -0.1) is 12.3 Å². The average Bonchev–Trinajstić information content (AvgIpc) is 2.48. The first-order valence-corrected chi connectivity index (χ1v) is 7.20. The zero-order valence-electron chi connectivity index (χ0n) is 12.9. The van der Waals surface area contributed by atoms with Crippen LogP contribution in [-0.4, -0.2) is 25.6 Å². The number of carbonyl (C=O) groups excluding carboxylic acids is 1. The number of rotatable bonds is 9. The second-order valence-corrected chi connectivity index (χ2v) is 4.23. The van der Waals surface area contributed by atoms with Gasteiger partial charge in [-0.1, -0.05) is 0 Å². The SMILES string of the molecule is C#CCCC(=O)c1cc(OCC)c(OCC)c(OCC)c1. The third-order valence-electron chi connectivity index (χ3n) is 2.73. The van der Waals surface area contributed by atoms with Crippen molar-refractivity contribution in [3.05, 3.63) is 17.7 Å². The molecule has 0 saturated heterocycles. The van der Waals surface area contributed by atoms with Crippen LogP contribution in [0.2, 0.25) is 0 Å². The van der Waals surface area contributed by atoms with Gasteiger partial charge in [0.2, 0.25) is 5.75 Å². The lowest BCUT2D eigenvalue weighted by atomic mass is 10.1. The minimum Gasteiger partial charge on any atom is -0.490 e. The maximum Gasteiger partial charge on any atom is 0.203 e. The van der Waals surface area contributed by atoms with Crippen molar-refractivity contribution in [2.45, 2.75) is 33.6 Å². The fourth-order valence-electron chi connectivity index (χ4n) is 1.88. The molecule has 0 aromatic heterocycles. The van der Waals surface area contributed by atoms with Crippen LogP contribution < -0.4 is 14.2 Å². The Morgan fingerprint density at radius 3 is 2.00 bits per heavy atom. The Balaban J connectivity index is 3.21. The Kier molecular flexibility index (Phi) is 7.17. The van der Waals surface area contributed by atoms with Crippen LogP contribution in [0.15, 0.2) is 12.1 Å². The van der Waals surface area contributed by atoms with Crippen LogP contribution in [0.4, 0.5) is 0 Å². The predicted molar refractivity (Wildman–Crippen MR) is 82.3 cm³/mol. The van der Waals surface area contributed by atoms with Crippen molar-refractivity contribution in [1.29, 1.82) is 0 Å². The van der Waals surface area contributed by atoms with Crippen molar-refractivity contribution in [2.24, 2.45) is 0 Å². The van der Waals surface area contributed by atoms with E-state index in [1.807, 2.05) is 20.8 Å². The molecule has 0 bridgehead atoms. The number of hydrogen-bond donors (Lipinski definition) is 0. The van der Waals surface area contributed by atoms with E-state index in [2.05, 4.69) is 5.92 Å². The predicted octanol–water partition coefficient (Wildman–Crippen LogP) is 3.48. The van der Waals surface area contributed by atoms with Crippen molar-refractivity contribution in [2.75, 3.05) is 19.8 Å². The second kappa shape index (κ2) is 8.91. The lowest BCUT2D eigenvalue weighted by Crippen LogP contribution is -2.06. The first-order chi connectivity index (χ1) is 10.2. The summed E-state index contributed by atoms with van der Waals surface area (Å²) in [5.74, 6) is 4.02. The first kappa shape index (κ1) is 16.9. The van der Waals surface area contributed by atoms with Gasteiger partial charge >= 0.3 is 0 Å². The lowest BCUT2D eigenvalue weighted by Gasteiger charge is -2.16. The summed E-state index contributed by atoms with van der Waals surface area (Å²) < 4.78 is 16.7. The lowest BCUT2D eigenvalue weighted by molar-refractivity contribution is 0.0983. The topological polar surface area (TPSA) is 44.8 Å². The van der Waals surface area contributed by atoms with Crippen LogP contribution in [0, 0.1) is 12.3 Å². The van der Waals surface area contributed by atoms with Gasteiger partial charge in [0.15, 0.2) is 17.3 Å². The van der Waals surface area contributed by atoms with Gasteiger partial charge in [0.25, 0.3) is 0 Å². The van der Waals surface area contributed by atoms with Crippen LogP contribution in [0.25, 0.3) is 0 Å². The smallest absolute Gasteiger partial charge is 0.203 e. The molecule has 0 aliphatic rings. The number of benzene rings is 1. The summed E-state index contributed by atoms with van der Waals surface area (Å²) in [5.41, 5.74) is 0.528. The fraction of sp³-hybridized carbons (Fsp3) is 0.471. The first-order valence-electron chi connectivity index (χ1n) is 7.20.